The number of aromatic nitrogens is 2. The topological polar surface area (TPSA) is 56.1 Å². The average Bonchev–Trinajstić information content (AvgIpc) is 2.62. The second kappa shape index (κ2) is 7.76. The zero-order valence-corrected chi connectivity index (χ0v) is 15.7. The summed E-state index contributed by atoms with van der Waals surface area (Å²) in [7, 11) is 5.20. The summed E-state index contributed by atoms with van der Waals surface area (Å²) in [6.07, 6.45) is 1.57. The lowest BCUT2D eigenvalue weighted by Gasteiger charge is -2.19. The van der Waals surface area contributed by atoms with E-state index in [1.807, 2.05) is 25.2 Å². The number of methoxy groups -OCH3 is 2. The van der Waals surface area contributed by atoms with Crippen molar-refractivity contribution in [3.63, 3.8) is 0 Å². The van der Waals surface area contributed by atoms with Gasteiger partial charge in [0, 0.05) is 30.9 Å². The van der Waals surface area contributed by atoms with Gasteiger partial charge in [0.1, 0.15) is 5.65 Å². The van der Waals surface area contributed by atoms with Crippen molar-refractivity contribution in [1.82, 2.24) is 14.3 Å². The van der Waals surface area contributed by atoms with Crippen LogP contribution >= 0.6 is 11.6 Å². The summed E-state index contributed by atoms with van der Waals surface area (Å²) < 4.78 is 12.3. The first-order valence-electron chi connectivity index (χ1n) is 8.08. The van der Waals surface area contributed by atoms with Gasteiger partial charge >= 0.3 is 0 Å². The van der Waals surface area contributed by atoms with Crippen LogP contribution in [0, 0.1) is 0 Å². The minimum Gasteiger partial charge on any atom is -0.493 e. The van der Waals surface area contributed by atoms with E-state index in [1.54, 1.807) is 32.5 Å². The lowest BCUT2D eigenvalue weighted by molar-refractivity contribution is 0.300. The highest BCUT2D eigenvalue weighted by Crippen LogP contribution is 2.31. The molecule has 2 aromatic heterocycles. The Morgan fingerprint density at radius 1 is 1.15 bits per heavy atom. The van der Waals surface area contributed by atoms with Crippen molar-refractivity contribution in [2.45, 2.75) is 13.1 Å². The van der Waals surface area contributed by atoms with E-state index in [2.05, 4.69) is 9.88 Å². The molecule has 0 spiro atoms. The number of nitrogens with zero attached hydrogens (tertiary/aromatic N) is 3. The molecule has 0 amide bonds. The van der Waals surface area contributed by atoms with E-state index in [4.69, 9.17) is 21.1 Å². The van der Waals surface area contributed by atoms with E-state index in [0.717, 1.165) is 5.56 Å². The second-order valence-corrected chi connectivity index (χ2v) is 6.42. The standard InChI is InChI=1S/C19H20ClN3O3/c1-22(10-13-5-4-6-16(25-2)19(13)26-3)12-15-9-18(24)23-11-14(20)7-8-17(23)21-15/h4-9,11H,10,12H2,1-3H3. The van der Waals surface area contributed by atoms with Gasteiger partial charge < -0.3 is 9.47 Å². The van der Waals surface area contributed by atoms with Gasteiger partial charge in [0.25, 0.3) is 5.56 Å². The summed E-state index contributed by atoms with van der Waals surface area (Å²) >= 11 is 5.94. The lowest BCUT2D eigenvalue weighted by atomic mass is 10.1. The van der Waals surface area contributed by atoms with Crippen LogP contribution in [0.5, 0.6) is 11.5 Å². The quantitative estimate of drug-likeness (QED) is 0.664. The molecule has 0 aliphatic carbocycles. The van der Waals surface area contributed by atoms with Crippen LogP contribution in [0.1, 0.15) is 11.3 Å². The molecule has 26 heavy (non-hydrogen) atoms. The van der Waals surface area contributed by atoms with Gasteiger partial charge in [0.2, 0.25) is 0 Å². The fraction of sp³-hybridized carbons (Fsp3) is 0.263. The Morgan fingerprint density at radius 2 is 1.96 bits per heavy atom. The summed E-state index contributed by atoms with van der Waals surface area (Å²) in [4.78, 5) is 18.9. The Bertz CT molecular complexity index is 987. The maximum Gasteiger partial charge on any atom is 0.258 e. The Kier molecular flexibility index (Phi) is 5.44. The molecule has 0 fully saturated rings. The molecule has 7 heteroatoms. The van der Waals surface area contributed by atoms with Gasteiger partial charge in [-0.05, 0) is 25.2 Å². The summed E-state index contributed by atoms with van der Waals surface area (Å²) in [6, 6.07) is 10.8. The third-order valence-electron chi connectivity index (χ3n) is 4.03. The van der Waals surface area contributed by atoms with Crippen molar-refractivity contribution < 1.29 is 9.47 Å². The molecule has 0 atom stereocenters. The number of hydrogen-bond acceptors (Lipinski definition) is 5. The number of ether oxygens (including phenoxy) is 2. The number of halogens is 1. The molecule has 6 nitrogen and oxygen atoms in total. The highest BCUT2D eigenvalue weighted by atomic mass is 35.5. The highest BCUT2D eigenvalue weighted by Gasteiger charge is 2.12. The van der Waals surface area contributed by atoms with Crippen molar-refractivity contribution in [3.8, 4) is 11.5 Å². The molecule has 0 unspecified atom stereocenters. The molecule has 0 N–H and O–H groups in total. The normalized spacial score (nSPS) is 11.1. The molecule has 0 aliphatic heterocycles. The lowest BCUT2D eigenvalue weighted by Crippen LogP contribution is -2.22. The van der Waals surface area contributed by atoms with E-state index in [-0.39, 0.29) is 5.56 Å². The number of rotatable bonds is 6. The van der Waals surface area contributed by atoms with Crippen molar-refractivity contribution in [2.24, 2.45) is 0 Å². The smallest absolute Gasteiger partial charge is 0.258 e. The summed E-state index contributed by atoms with van der Waals surface area (Å²) in [5, 5.41) is 0.497. The predicted octanol–water partition coefficient (Wildman–Crippen LogP) is 3.00. The molecular weight excluding hydrogens is 354 g/mol. The van der Waals surface area contributed by atoms with E-state index in [1.165, 1.54) is 10.5 Å². The fourth-order valence-corrected chi connectivity index (χ4v) is 3.07. The van der Waals surface area contributed by atoms with Crippen LogP contribution in [-0.2, 0) is 13.1 Å². The molecule has 3 rings (SSSR count). The van der Waals surface area contributed by atoms with Gasteiger partial charge in [0.15, 0.2) is 11.5 Å². The van der Waals surface area contributed by atoms with Gasteiger partial charge in [-0.2, -0.15) is 0 Å². The maximum atomic E-state index is 12.3. The summed E-state index contributed by atoms with van der Waals surface area (Å²) in [6.45, 7) is 1.15. The fourth-order valence-electron chi connectivity index (χ4n) is 2.91. The van der Waals surface area contributed by atoms with Crippen molar-refractivity contribution in [2.75, 3.05) is 21.3 Å². The van der Waals surface area contributed by atoms with E-state index in [0.29, 0.717) is 41.0 Å². The minimum atomic E-state index is -0.153. The number of fused-ring (bicyclic) bond motifs is 1. The first-order valence-corrected chi connectivity index (χ1v) is 8.46. The van der Waals surface area contributed by atoms with Gasteiger partial charge in [-0.1, -0.05) is 23.7 Å². The first kappa shape index (κ1) is 18.2. The largest absolute Gasteiger partial charge is 0.493 e. The Hall–Kier alpha value is -2.57. The van der Waals surface area contributed by atoms with E-state index in [9.17, 15) is 4.79 Å². The van der Waals surface area contributed by atoms with Crippen LogP contribution in [-0.4, -0.2) is 35.6 Å². The number of para-hydroxylation sites is 1. The molecule has 0 aliphatic rings. The first-order chi connectivity index (χ1) is 12.5. The molecule has 136 valence electrons. The SMILES string of the molecule is COc1cccc(CN(C)Cc2cc(=O)n3cc(Cl)ccc3n2)c1OC. The third kappa shape index (κ3) is 3.81. The molecule has 2 heterocycles. The van der Waals surface area contributed by atoms with Crippen LogP contribution in [0.15, 0.2) is 47.4 Å². The predicted molar refractivity (Wildman–Crippen MR) is 101 cm³/mol. The maximum absolute atomic E-state index is 12.3. The Morgan fingerprint density at radius 3 is 2.69 bits per heavy atom. The highest BCUT2D eigenvalue weighted by molar-refractivity contribution is 6.30. The molecule has 3 aromatic rings. The molecule has 0 bridgehead atoms. The summed E-state index contributed by atoms with van der Waals surface area (Å²) in [5.41, 5.74) is 2.12. The van der Waals surface area contributed by atoms with Gasteiger partial charge in [-0.15, -0.1) is 0 Å². The molecule has 1 aromatic carbocycles. The monoisotopic (exact) mass is 373 g/mol. The third-order valence-corrected chi connectivity index (χ3v) is 4.26. The molecule has 0 radical (unpaired) electrons. The minimum absolute atomic E-state index is 0.153. The van der Waals surface area contributed by atoms with E-state index < -0.39 is 0 Å². The zero-order valence-electron chi connectivity index (χ0n) is 14.9. The van der Waals surface area contributed by atoms with Crippen LogP contribution in [0.3, 0.4) is 0 Å². The Balaban J connectivity index is 1.83. The number of hydrogen-bond donors (Lipinski definition) is 0. The summed E-state index contributed by atoms with van der Waals surface area (Å²) in [5.74, 6) is 1.40. The number of pyridine rings is 1. The van der Waals surface area contributed by atoms with Gasteiger partial charge in [0.05, 0.1) is 24.9 Å². The van der Waals surface area contributed by atoms with Crippen molar-refractivity contribution in [1.29, 1.82) is 0 Å². The van der Waals surface area contributed by atoms with E-state index >= 15 is 0 Å². The van der Waals surface area contributed by atoms with Crippen LogP contribution in [0.25, 0.3) is 5.65 Å². The van der Waals surface area contributed by atoms with Crippen LogP contribution < -0.4 is 15.0 Å². The zero-order chi connectivity index (χ0) is 18.7. The van der Waals surface area contributed by atoms with Crippen molar-refractivity contribution in [3.05, 3.63) is 69.2 Å². The van der Waals surface area contributed by atoms with Gasteiger partial charge in [-0.3, -0.25) is 14.1 Å². The van der Waals surface area contributed by atoms with Crippen LogP contribution in [0.2, 0.25) is 5.02 Å². The van der Waals surface area contributed by atoms with Crippen molar-refractivity contribution >= 4 is 17.2 Å². The average molecular weight is 374 g/mol. The molecule has 0 saturated heterocycles. The molecular formula is C19H20ClN3O3. The van der Waals surface area contributed by atoms with Gasteiger partial charge in [-0.25, -0.2) is 4.98 Å². The van der Waals surface area contributed by atoms with Crippen LogP contribution in [0.4, 0.5) is 0 Å². The second-order valence-electron chi connectivity index (χ2n) is 5.99. The Labute approximate surface area is 156 Å². The molecule has 0 saturated carbocycles. The number of benzene rings is 1.